The number of aliphatic hydroxyl groups is 1. The van der Waals surface area contributed by atoms with Crippen molar-refractivity contribution in [2.75, 3.05) is 13.1 Å². The fourth-order valence-corrected chi connectivity index (χ4v) is 2.86. The van der Waals surface area contributed by atoms with Crippen molar-refractivity contribution < 1.29 is 9.52 Å². The molecule has 0 fully saturated rings. The van der Waals surface area contributed by atoms with Gasteiger partial charge in [-0.1, -0.05) is 24.3 Å². The number of benzene rings is 1. The van der Waals surface area contributed by atoms with Crippen LogP contribution in [0.4, 0.5) is 0 Å². The van der Waals surface area contributed by atoms with Crippen molar-refractivity contribution in [1.82, 2.24) is 20.2 Å². The van der Waals surface area contributed by atoms with Gasteiger partial charge in [0.25, 0.3) is 0 Å². The Kier molecular flexibility index (Phi) is 6.49. The quantitative estimate of drug-likeness (QED) is 0.412. The van der Waals surface area contributed by atoms with Gasteiger partial charge in [0.1, 0.15) is 11.4 Å². The van der Waals surface area contributed by atoms with Crippen LogP contribution in [0, 0.1) is 0 Å². The van der Waals surface area contributed by atoms with Gasteiger partial charge in [-0.15, -0.1) is 0 Å². The second-order valence-electron chi connectivity index (χ2n) is 6.85. The summed E-state index contributed by atoms with van der Waals surface area (Å²) >= 11 is 0. The number of aromatic nitrogens is 2. The summed E-state index contributed by atoms with van der Waals surface area (Å²) in [6, 6.07) is 11.9. The normalized spacial score (nSPS) is 13.9. The van der Waals surface area contributed by atoms with Gasteiger partial charge in [0.05, 0.1) is 25.7 Å². The SMILES string of the molecule is CCNC(=NCc1cccc(Cn2ccnc2)c1)NCC(C)(O)c1ccco1. The number of aliphatic imine (C=N–C) groups is 1. The number of imidazole rings is 1. The second kappa shape index (κ2) is 9.23. The van der Waals surface area contributed by atoms with Crippen LogP contribution in [0.3, 0.4) is 0 Å². The fraction of sp³-hybridized carbons (Fsp3) is 0.333. The number of nitrogens with one attached hydrogen (secondary N) is 2. The smallest absolute Gasteiger partial charge is 0.191 e. The van der Waals surface area contributed by atoms with Crippen LogP contribution >= 0.6 is 0 Å². The topological polar surface area (TPSA) is 87.6 Å². The summed E-state index contributed by atoms with van der Waals surface area (Å²) in [5, 5.41) is 17.0. The van der Waals surface area contributed by atoms with Crippen molar-refractivity contribution in [1.29, 1.82) is 0 Å². The highest BCUT2D eigenvalue weighted by atomic mass is 16.4. The lowest BCUT2D eigenvalue weighted by molar-refractivity contribution is 0.0386. The average Bonchev–Trinajstić information content (AvgIpc) is 3.39. The van der Waals surface area contributed by atoms with Crippen LogP contribution < -0.4 is 10.6 Å². The molecule has 0 aliphatic rings. The molecule has 3 N–H and O–H groups in total. The van der Waals surface area contributed by atoms with E-state index in [9.17, 15) is 5.11 Å². The molecule has 3 aromatic rings. The zero-order valence-corrected chi connectivity index (χ0v) is 16.3. The average molecular weight is 381 g/mol. The van der Waals surface area contributed by atoms with Crippen molar-refractivity contribution in [3.63, 3.8) is 0 Å². The monoisotopic (exact) mass is 381 g/mol. The van der Waals surface area contributed by atoms with Gasteiger partial charge >= 0.3 is 0 Å². The van der Waals surface area contributed by atoms with Crippen LogP contribution in [0.5, 0.6) is 0 Å². The van der Waals surface area contributed by atoms with E-state index in [-0.39, 0.29) is 6.54 Å². The maximum absolute atomic E-state index is 10.6. The molecule has 1 atom stereocenters. The van der Waals surface area contributed by atoms with E-state index in [4.69, 9.17) is 4.42 Å². The van der Waals surface area contributed by atoms with Gasteiger partial charge in [-0.3, -0.25) is 0 Å². The van der Waals surface area contributed by atoms with E-state index >= 15 is 0 Å². The van der Waals surface area contributed by atoms with E-state index in [1.54, 1.807) is 31.5 Å². The predicted octanol–water partition coefficient (Wildman–Crippen LogP) is 2.49. The first-order valence-electron chi connectivity index (χ1n) is 9.39. The number of guanidine groups is 1. The van der Waals surface area contributed by atoms with Crippen molar-refractivity contribution in [3.05, 3.63) is 78.3 Å². The molecule has 0 amide bonds. The summed E-state index contributed by atoms with van der Waals surface area (Å²) in [7, 11) is 0. The molecule has 0 aliphatic carbocycles. The molecule has 0 saturated carbocycles. The van der Waals surface area contributed by atoms with Crippen molar-refractivity contribution in [3.8, 4) is 0 Å². The van der Waals surface area contributed by atoms with Gasteiger partial charge in [-0.2, -0.15) is 0 Å². The summed E-state index contributed by atoms with van der Waals surface area (Å²) in [5.41, 5.74) is 1.20. The van der Waals surface area contributed by atoms with Crippen LogP contribution in [0.2, 0.25) is 0 Å². The standard InChI is InChI=1S/C21H27N5O2/c1-3-23-20(25-15-21(2,27)19-8-5-11-28-19)24-13-17-6-4-7-18(12-17)14-26-10-9-22-16-26/h4-12,16,27H,3,13-15H2,1-2H3,(H2,23,24,25). The van der Waals surface area contributed by atoms with Crippen molar-refractivity contribution >= 4 is 5.96 Å². The lowest BCUT2D eigenvalue weighted by atomic mass is 10.0. The minimum Gasteiger partial charge on any atom is -0.466 e. The van der Waals surface area contributed by atoms with Crippen LogP contribution in [0.1, 0.15) is 30.7 Å². The Morgan fingerprint density at radius 1 is 1.25 bits per heavy atom. The van der Waals surface area contributed by atoms with E-state index < -0.39 is 5.60 Å². The first-order valence-corrected chi connectivity index (χ1v) is 9.39. The minimum atomic E-state index is -1.12. The molecule has 2 aromatic heterocycles. The van der Waals surface area contributed by atoms with Crippen LogP contribution in [-0.2, 0) is 18.7 Å². The number of rotatable bonds is 8. The third kappa shape index (κ3) is 5.47. The zero-order valence-electron chi connectivity index (χ0n) is 16.3. The largest absolute Gasteiger partial charge is 0.466 e. The molecule has 7 nitrogen and oxygen atoms in total. The Bertz CT molecular complexity index is 870. The van der Waals surface area contributed by atoms with Gasteiger partial charge in [-0.05, 0) is 37.1 Å². The van der Waals surface area contributed by atoms with Crippen LogP contribution in [-0.4, -0.2) is 33.7 Å². The Hall–Kier alpha value is -3.06. The predicted molar refractivity (Wildman–Crippen MR) is 109 cm³/mol. The highest BCUT2D eigenvalue weighted by Gasteiger charge is 2.26. The maximum Gasteiger partial charge on any atom is 0.191 e. The molecular formula is C21H27N5O2. The molecule has 0 aliphatic heterocycles. The van der Waals surface area contributed by atoms with Crippen LogP contribution in [0.15, 0.2) is 70.8 Å². The van der Waals surface area contributed by atoms with Gasteiger partial charge in [0, 0.05) is 25.5 Å². The second-order valence-corrected chi connectivity index (χ2v) is 6.85. The number of hydrogen-bond donors (Lipinski definition) is 3. The molecule has 0 radical (unpaired) electrons. The van der Waals surface area contributed by atoms with E-state index in [2.05, 4.69) is 38.8 Å². The molecule has 1 aromatic carbocycles. The zero-order chi connectivity index (χ0) is 19.8. The van der Waals surface area contributed by atoms with Gasteiger partial charge in [0.15, 0.2) is 5.96 Å². The molecule has 7 heteroatoms. The van der Waals surface area contributed by atoms with E-state index in [0.717, 1.165) is 18.7 Å². The molecule has 28 heavy (non-hydrogen) atoms. The van der Waals surface area contributed by atoms with Gasteiger partial charge in [0.2, 0.25) is 0 Å². The number of furan rings is 1. The molecule has 0 spiro atoms. The highest BCUT2D eigenvalue weighted by Crippen LogP contribution is 2.19. The van der Waals surface area contributed by atoms with Crippen LogP contribution in [0.25, 0.3) is 0 Å². The lowest BCUT2D eigenvalue weighted by Gasteiger charge is -2.22. The third-order valence-electron chi connectivity index (χ3n) is 4.33. The molecule has 2 heterocycles. The molecule has 0 bridgehead atoms. The van der Waals surface area contributed by atoms with Gasteiger partial charge < -0.3 is 24.7 Å². The third-order valence-corrected chi connectivity index (χ3v) is 4.33. The molecular weight excluding hydrogens is 354 g/mol. The van der Waals surface area contributed by atoms with E-state index in [0.29, 0.717) is 18.3 Å². The summed E-state index contributed by atoms with van der Waals surface area (Å²) in [5.74, 6) is 1.16. The first kappa shape index (κ1) is 19.7. The lowest BCUT2D eigenvalue weighted by Crippen LogP contribution is -2.44. The Balaban J connectivity index is 1.62. The molecule has 148 valence electrons. The molecule has 3 rings (SSSR count). The first-order chi connectivity index (χ1) is 13.6. The number of nitrogens with zero attached hydrogens (tertiary/aromatic N) is 3. The minimum absolute atomic E-state index is 0.285. The summed E-state index contributed by atoms with van der Waals surface area (Å²) in [6.45, 7) is 6.05. The summed E-state index contributed by atoms with van der Waals surface area (Å²) in [6.07, 6.45) is 7.09. The van der Waals surface area contributed by atoms with Crippen molar-refractivity contribution in [2.45, 2.75) is 32.5 Å². The van der Waals surface area contributed by atoms with E-state index in [1.165, 1.54) is 5.56 Å². The summed E-state index contributed by atoms with van der Waals surface area (Å²) in [4.78, 5) is 8.72. The maximum atomic E-state index is 10.6. The Morgan fingerprint density at radius 3 is 2.82 bits per heavy atom. The van der Waals surface area contributed by atoms with Gasteiger partial charge in [-0.25, -0.2) is 9.98 Å². The molecule has 1 unspecified atom stereocenters. The highest BCUT2D eigenvalue weighted by molar-refractivity contribution is 5.79. The summed E-state index contributed by atoms with van der Waals surface area (Å²) < 4.78 is 7.35. The Labute approximate surface area is 165 Å². The fourth-order valence-electron chi connectivity index (χ4n) is 2.86. The molecule has 0 saturated heterocycles. The van der Waals surface area contributed by atoms with E-state index in [1.807, 2.05) is 30.1 Å². The number of hydrogen-bond acceptors (Lipinski definition) is 4. The van der Waals surface area contributed by atoms with Crippen molar-refractivity contribution in [2.24, 2.45) is 4.99 Å². The Morgan fingerprint density at radius 2 is 2.11 bits per heavy atom.